The quantitative estimate of drug-likeness (QED) is 0.509. The summed E-state index contributed by atoms with van der Waals surface area (Å²) in [5.74, 6) is 2.42. The summed E-state index contributed by atoms with van der Waals surface area (Å²) in [5.41, 5.74) is 8.81. The number of hydrogen-bond acceptors (Lipinski definition) is 5. The van der Waals surface area contributed by atoms with Crippen LogP contribution in [0.15, 0.2) is 66.7 Å². The van der Waals surface area contributed by atoms with E-state index >= 15 is 0 Å². The molecule has 2 aliphatic rings. The molecule has 186 valence electrons. The van der Waals surface area contributed by atoms with Crippen LogP contribution in [0.1, 0.15) is 35.2 Å². The predicted molar refractivity (Wildman–Crippen MR) is 136 cm³/mol. The number of primary amides is 1. The summed E-state index contributed by atoms with van der Waals surface area (Å²) in [7, 11) is 0. The molecule has 3 aromatic rings. The first-order chi connectivity index (χ1) is 17.6. The van der Waals surface area contributed by atoms with Crippen LogP contribution in [0.4, 0.5) is 0 Å². The van der Waals surface area contributed by atoms with Crippen molar-refractivity contribution in [2.24, 2.45) is 11.7 Å². The van der Waals surface area contributed by atoms with Gasteiger partial charge < -0.3 is 24.8 Å². The van der Waals surface area contributed by atoms with E-state index in [4.69, 9.17) is 19.9 Å². The van der Waals surface area contributed by atoms with Crippen molar-refractivity contribution in [3.63, 3.8) is 0 Å². The molecule has 0 saturated carbocycles. The molecule has 0 unspecified atom stereocenters. The molecule has 0 aromatic heterocycles. The molecule has 36 heavy (non-hydrogen) atoms. The number of ether oxygens (including phenoxy) is 3. The molecule has 0 aliphatic carbocycles. The number of carbonyl (C=O) groups is 2. The Balaban J connectivity index is 1.10. The van der Waals surface area contributed by atoms with Crippen LogP contribution in [0, 0.1) is 5.92 Å². The first kappa shape index (κ1) is 23.7. The van der Waals surface area contributed by atoms with E-state index in [2.05, 4.69) is 12.1 Å². The molecule has 0 radical (unpaired) electrons. The second-order valence-electron chi connectivity index (χ2n) is 9.28. The Labute approximate surface area is 210 Å². The van der Waals surface area contributed by atoms with Crippen molar-refractivity contribution in [1.29, 1.82) is 0 Å². The van der Waals surface area contributed by atoms with Gasteiger partial charge in [0.1, 0.15) is 5.75 Å². The fraction of sp³-hybridized carbons (Fsp3) is 0.310. The smallest absolute Gasteiger partial charge is 0.260 e. The van der Waals surface area contributed by atoms with Crippen molar-refractivity contribution < 1.29 is 23.8 Å². The fourth-order valence-electron chi connectivity index (χ4n) is 4.81. The molecule has 7 nitrogen and oxygen atoms in total. The molecule has 1 saturated heterocycles. The zero-order chi connectivity index (χ0) is 24.9. The molecule has 7 heteroatoms. The van der Waals surface area contributed by atoms with Crippen LogP contribution in [0.5, 0.6) is 17.2 Å². The maximum atomic E-state index is 12.9. The number of aryl methyl sites for hydroxylation is 1. The zero-order valence-corrected chi connectivity index (χ0v) is 20.2. The number of fused-ring (bicyclic) bond motifs is 1. The Morgan fingerprint density at radius 2 is 1.69 bits per heavy atom. The number of carbonyl (C=O) groups excluding carboxylic acids is 2. The summed E-state index contributed by atoms with van der Waals surface area (Å²) in [4.78, 5) is 26.1. The Kier molecular flexibility index (Phi) is 7.07. The second-order valence-corrected chi connectivity index (χ2v) is 9.28. The van der Waals surface area contributed by atoms with Crippen LogP contribution in [-0.4, -0.2) is 43.2 Å². The van der Waals surface area contributed by atoms with E-state index in [1.807, 2.05) is 47.4 Å². The maximum Gasteiger partial charge on any atom is 0.260 e. The van der Waals surface area contributed by atoms with Crippen LogP contribution < -0.4 is 19.9 Å². The fourth-order valence-corrected chi connectivity index (χ4v) is 4.81. The van der Waals surface area contributed by atoms with Crippen LogP contribution in [0.2, 0.25) is 0 Å². The Bertz CT molecular complexity index is 1230. The van der Waals surface area contributed by atoms with Gasteiger partial charge in [0.25, 0.3) is 5.91 Å². The molecule has 2 aliphatic heterocycles. The van der Waals surface area contributed by atoms with Crippen molar-refractivity contribution in [2.75, 3.05) is 26.5 Å². The third-order valence-corrected chi connectivity index (χ3v) is 6.96. The highest BCUT2D eigenvalue weighted by Gasteiger charge is 2.23. The number of nitrogens with two attached hydrogens (primary N) is 1. The van der Waals surface area contributed by atoms with Crippen molar-refractivity contribution in [2.45, 2.75) is 25.7 Å². The highest BCUT2D eigenvalue weighted by molar-refractivity contribution is 5.93. The largest absolute Gasteiger partial charge is 0.483 e. The van der Waals surface area contributed by atoms with E-state index in [1.54, 1.807) is 12.1 Å². The summed E-state index contributed by atoms with van der Waals surface area (Å²) >= 11 is 0. The molecule has 2 heterocycles. The van der Waals surface area contributed by atoms with Crippen molar-refractivity contribution in [1.82, 2.24) is 4.90 Å². The van der Waals surface area contributed by atoms with E-state index in [0.29, 0.717) is 24.0 Å². The van der Waals surface area contributed by atoms with Gasteiger partial charge in [-0.3, -0.25) is 9.59 Å². The molecule has 2 amide bonds. The standard InChI is InChI=1S/C29H30N2O5/c30-29(33)23-10-8-22(9-11-23)24-3-1-2-4-25(24)34-18-28(32)31-15-13-20(14-16-31)5-6-21-7-12-26-27(17-21)36-19-35-26/h1-4,7-12,17,20H,5-6,13-16,18-19H2,(H2,30,33). The molecule has 3 aromatic carbocycles. The van der Waals surface area contributed by atoms with Gasteiger partial charge in [0.05, 0.1) is 0 Å². The van der Waals surface area contributed by atoms with E-state index in [9.17, 15) is 9.59 Å². The maximum absolute atomic E-state index is 12.9. The lowest BCUT2D eigenvalue weighted by Crippen LogP contribution is -2.41. The molecule has 1 fully saturated rings. The van der Waals surface area contributed by atoms with E-state index in [1.165, 1.54) is 5.56 Å². The zero-order valence-electron chi connectivity index (χ0n) is 20.2. The number of hydrogen-bond donors (Lipinski definition) is 1. The normalized spacial score (nSPS) is 15.1. The number of nitrogens with zero attached hydrogens (tertiary/aromatic N) is 1. The van der Waals surface area contributed by atoms with E-state index in [-0.39, 0.29) is 12.5 Å². The summed E-state index contributed by atoms with van der Waals surface area (Å²) < 4.78 is 16.8. The molecule has 5 rings (SSSR count). The minimum absolute atomic E-state index is 0.00174. The lowest BCUT2D eigenvalue weighted by atomic mass is 9.90. The van der Waals surface area contributed by atoms with Crippen LogP contribution in [0.25, 0.3) is 11.1 Å². The topological polar surface area (TPSA) is 91.1 Å². The lowest BCUT2D eigenvalue weighted by Gasteiger charge is -2.32. The highest BCUT2D eigenvalue weighted by atomic mass is 16.7. The van der Waals surface area contributed by atoms with E-state index in [0.717, 1.165) is 61.4 Å². The Morgan fingerprint density at radius 1 is 0.944 bits per heavy atom. The van der Waals surface area contributed by atoms with E-state index < -0.39 is 5.91 Å². The molecule has 0 spiro atoms. The van der Waals surface area contributed by atoms with Gasteiger partial charge in [0.15, 0.2) is 18.1 Å². The number of amides is 2. The lowest BCUT2D eigenvalue weighted by molar-refractivity contribution is -0.134. The molecule has 0 bridgehead atoms. The third-order valence-electron chi connectivity index (χ3n) is 6.96. The van der Waals surface area contributed by atoms with Gasteiger partial charge in [-0.25, -0.2) is 0 Å². The Hall–Kier alpha value is -4.00. The number of piperidine rings is 1. The van der Waals surface area contributed by atoms with Gasteiger partial charge in [0, 0.05) is 24.2 Å². The van der Waals surface area contributed by atoms with Crippen LogP contribution in [0.3, 0.4) is 0 Å². The average molecular weight is 487 g/mol. The van der Waals surface area contributed by atoms with Crippen molar-refractivity contribution in [3.8, 4) is 28.4 Å². The van der Waals surface area contributed by atoms with Gasteiger partial charge in [-0.05, 0) is 73.1 Å². The van der Waals surface area contributed by atoms with Crippen molar-refractivity contribution in [3.05, 3.63) is 77.9 Å². The van der Waals surface area contributed by atoms with Gasteiger partial charge in [-0.15, -0.1) is 0 Å². The summed E-state index contributed by atoms with van der Waals surface area (Å²) in [6, 6.07) is 20.8. The number of para-hydroxylation sites is 1. The Morgan fingerprint density at radius 3 is 2.47 bits per heavy atom. The third kappa shape index (κ3) is 5.46. The first-order valence-corrected chi connectivity index (χ1v) is 12.3. The van der Waals surface area contributed by atoms with Gasteiger partial charge in [-0.2, -0.15) is 0 Å². The average Bonchev–Trinajstić information content (AvgIpc) is 3.39. The van der Waals surface area contributed by atoms with Gasteiger partial charge >= 0.3 is 0 Å². The number of benzene rings is 3. The number of rotatable bonds is 8. The molecule has 0 atom stereocenters. The van der Waals surface area contributed by atoms with Gasteiger partial charge in [-0.1, -0.05) is 36.4 Å². The molecular weight excluding hydrogens is 456 g/mol. The van der Waals surface area contributed by atoms with Crippen LogP contribution in [-0.2, 0) is 11.2 Å². The number of likely N-dealkylation sites (tertiary alicyclic amines) is 1. The minimum Gasteiger partial charge on any atom is -0.483 e. The monoisotopic (exact) mass is 486 g/mol. The summed E-state index contributed by atoms with van der Waals surface area (Å²) in [5, 5.41) is 0. The highest BCUT2D eigenvalue weighted by Crippen LogP contribution is 2.34. The van der Waals surface area contributed by atoms with Crippen molar-refractivity contribution >= 4 is 11.8 Å². The molecule has 2 N–H and O–H groups in total. The van der Waals surface area contributed by atoms with Gasteiger partial charge in [0.2, 0.25) is 12.7 Å². The minimum atomic E-state index is -0.464. The summed E-state index contributed by atoms with van der Waals surface area (Å²) in [6.07, 6.45) is 4.09. The summed E-state index contributed by atoms with van der Waals surface area (Å²) in [6.45, 7) is 1.80. The first-order valence-electron chi connectivity index (χ1n) is 12.3. The molecular formula is C29H30N2O5. The van der Waals surface area contributed by atoms with Crippen LogP contribution >= 0.6 is 0 Å². The second kappa shape index (κ2) is 10.7. The predicted octanol–water partition coefficient (Wildman–Crippen LogP) is 4.43. The SMILES string of the molecule is NC(=O)c1ccc(-c2ccccc2OCC(=O)N2CCC(CCc3ccc4c(c3)OCO4)CC2)cc1.